The zero-order valence-corrected chi connectivity index (χ0v) is 20.8. The van der Waals surface area contributed by atoms with Crippen molar-refractivity contribution in [1.82, 2.24) is 14.2 Å². The van der Waals surface area contributed by atoms with Gasteiger partial charge in [0.2, 0.25) is 10.0 Å². The summed E-state index contributed by atoms with van der Waals surface area (Å²) >= 11 is 1.57. The zero-order chi connectivity index (χ0) is 23.4. The first kappa shape index (κ1) is 23.7. The van der Waals surface area contributed by atoms with E-state index in [4.69, 9.17) is 14.5 Å². The maximum absolute atomic E-state index is 13.1. The van der Waals surface area contributed by atoms with E-state index in [1.165, 1.54) is 0 Å². The smallest absolute Gasteiger partial charge is 0.243 e. The molecule has 0 amide bonds. The molecule has 1 saturated heterocycles. The Hall–Kier alpha value is -2.46. The fourth-order valence-electron chi connectivity index (χ4n) is 3.99. The second kappa shape index (κ2) is 10.2. The number of hydrogen-bond donors (Lipinski definition) is 0. The van der Waals surface area contributed by atoms with Gasteiger partial charge in [0.25, 0.3) is 0 Å². The molecule has 1 aliphatic rings. The minimum absolute atomic E-state index is 0.359. The number of thiazole rings is 1. The number of methoxy groups -OCH3 is 2. The maximum Gasteiger partial charge on any atom is 0.243 e. The van der Waals surface area contributed by atoms with Crippen LogP contribution in [0.4, 0.5) is 0 Å². The zero-order valence-electron chi connectivity index (χ0n) is 19.2. The van der Waals surface area contributed by atoms with Gasteiger partial charge in [0.15, 0.2) is 11.5 Å². The standard InChI is InChI=1S/C24H29N3O4S2/c1-18-8-10-20(11-9-18)33(28,29)27-13-5-12-26(14-15-27)16-19-17-32-24(25-19)21-6-4-7-22(30-2)23(21)31-3/h4,6-11,17H,5,12-16H2,1-3H3. The van der Waals surface area contributed by atoms with Crippen molar-refractivity contribution in [3.63, 3.8) is 0 Å². The van der Waals surface area contributed by atoms with Gasteiger partial charge >= 0.3 is 0 Å². The first-order chi connectivity index (χ1) is 15.9. The van der Waals surface area contributed by atoms with E-state index < -0.39 is 10.0 Å². The largest absolute Gasteiger partial charge is 0.493 e. The lowest BCUT2D eigenvalue weighted by atomic mass is 10.2. The lowest BCUT2D eigenvalue weighted by Crippen LogP contribution is -2.35. The first-order valence-corrected chi connectivity index (χ1v) is 13.2. The van der Waals surface area contributed by atoms with Crippen molar-refractivity contribution in [1.29, 1.82) is 0 Å². The molecule has 1 aromatic heterocycles. The molecule has 3 aromatic rings. The van der Waals surface area contributed by atoms with Crippen LogP contribution in [0.5, 0.6) is 11.5 Å². The number of hydrogen-bond acceptors (Lipinski definition) is 7. The van der Waals surface area contributed by atoms with Crippen LogP contribution < -0.4 is 9.47 Å². The molecule has 1 fully saturated rings. The highest BCUT2D eigenvalue weighted by atomic mass is 32.2. The number of rotatable bonds is 7. The quantitative estimate of drug-likeness (QED) is 0.501. The third kappa shape index (κ3) is 5.22. The van der Waals surface area contributed by atoms with E-state index in [0.29, 0.717) is 42.6 Å². The van der Waals surface area contributed by atoms with Gasteiger partial charge < -0.3 is 9.47 Å². The van der Waals surface area contributed by atoms with Gasteiger partial charge in [-0.25, -0.2) is 13.4 Å². The topological polar surface area (TPSA) is 72.0 Å². The van der Waals surface area contributed by atoms with Crippen LogP contribution in [0.15, 0.2) is 52.7 Å². The molecular formula is C24H29N3O4S2. The van der Waals surface area contributed by atoms with Gasteiger partial charge in [0.1, 0.15) is 5.01 Å². The van der Waals surface area contributed by atoms with E-state index in [-0.39, 0.29) is 0 Å². The second-order valence-electron chi connectivity index (χ2n) is 8.03. The van der Waals surface area contributed by atoms with E-state index in [0.717, 1.165) is 34.8 Å². The van der Waals surface area contributed by atoms with Gasteiger partial charge in [0, 0.05) is 31.6 Å². The van der Waals surface area contributed by atoms with Crippen LogP contribution in [0.1, 0.15) is 17.7 Å². The van der Waals surface area contributed by atoms with Gasteiger partial charge in [0.05, 0.1) is 30.4 Å². The van der Waals surface area contributed by atoms with Crippen LogP contribution in [0, 0.1) is 6.92 Å². The van der Waals surface area contributed by atoms with Gasteiger partial charge in [-0.1, -0.05) is 23.8 Å². The number of sulfonamides is 1. The molecule has 33 heavy (non-hydrogen) atoms. The summed E-state index contributed by atoms with van der Waals surface area (Å²) in [6.45, 7) is 5.12. The molecule has 176 valence electrons. The van der Waals surface area contributed by atoms with E-state index >= 15 is 0 Å². The Morgan fingerprint density at radius 2 is 1.79 bits per heavy atom. The second-order valence-corrected chi connectivity index (χ2v) is 10.8. The van der Waals surface area contributed by atoms with Crippen molar-refractivity contribution in [2.24, 2.45) is 0 Å². The lowest BCUT2D eigenvalue weighted by molar-refractivity contribution is 0.276. The van der Waals surface area contributed by atoms with Gasteiger partial charge in [-0.3, -0.25) is 4.90 Å². The van der Waals surface area contributed by atoms with E-state index in [1.54, 1.807) is 42.0 Å². The predicted octanol–water partition coefficient (Wildman–Crippen LogP) is 4.03. The number of para-hydroxylation sites is 1. The Bertz CT molecular complexity index is 1190. The van der Waals surface area contributed by atoms with Gasteiger partial charge in [-0.15, -0.1) is 11.3 Å². The van der Waals surface area contributed by atoms with Crippen molar-refractivity contribution in [3.8, 4) is 22.1 Å². The number of nitrogens with zero attached hydrogens (tertiary/aromatic N) is 3. The summed E-state index contributed by atoms with van der Waals surface area (Å²) in [6, 6.07) is 12.8. The first-order valence-electron chi connectivity index (χ1n) is 10.9. The van der Waals surface area contributed by atoms with E-state index in [1.807, 2.05) is 37.3 Å². The Morgan fingerprint density at radius 3 is 2.52 bits per heavy atom. The molecule has 4 rings (SSSR count). The fourth-order valence-corrected chi connectivity index (χ4v) is 6.30. The van der Waals surface area contributed by atoms with Crippen LogP contribution in [0.3, 0.4) is 0 Å². The molecule has 0 spiro atoms. The molecule has 2 aromatic carbocycles. The molecule has 0 atom stereocenters. The van der Waals surface area contributed by atoms with Gasteiger partial charge in [-0.05, 0) is 44.2 Å². The highest BCUT2D eigenvalue weighted by Gasteiger charge is 2.27. The van der Waals surface area contributed by atoms with Gasteiger partial charge in [-0.2, -0.15) is 4.31 Å². The molecule has 0 unspecified atom stereocenters. The van der Waals surface area contributed by atoms with Crippen molar-refractivity contribution in [3.05, 3.63) is 59.1 Å². The summed E-state index contributed by atoms with van der Waals surface area (Å²) in [7, 11) is -0.227. The number of ether oxygens (including phenoxy) is 2. The summed E-state index contributed by atoms with van der Waals surface area (Å²) < 4.78 is 38.7. The monoisotopic (exact) mass is 487 g/mol. The lowest BCUT2D eigenvalue weighted by Gasteiger charge is -2.21. The van der Waals surface area contributed by atoms with Crippen LogP contribution in [0.2, 0.25) is 0 Å². The maximum atomic E-state index is 13.1. The van der Waals surface area contributed by atoms with Crippen molar-refractivity contribution in [2.45, 2.75) is 24.8 Å². The summed E-state index contributed by atoms with van der Waals surface area (Å²) in [5.74, 6) is 1.35. The van der Waals surface area contributed by atoms with E-state index in [9.17, 15) is 8.42 Å². The van der Waals surface area contributed by atoms with Crippen molar-refractivity contribution < 1.29 is 17.9 Å². The average molecular weight is 488 g/mol. The molecule has 0 N–H and O–H groups in total. The Labute approximate surface area is 199 Å². The third-order valence-electron chi connectivity index (χ3n) is 5.78. The minimum Gasteiger partial charge on any atom is -0.493 e. The molecule has 7 nitrogen and oxygen atoms in total. The molecule has 2 heterocycles. The summed E-state index contributed by atoms with van der Waals surface area (Å²) in [4.78, 5) is 7.45. The van der Waals surface area contributed by atoms with Crippen LogP contribution in [0.25, 0.3) is 10.6 Å². The average Bonchev–Trinajstić information content (AvgIpc) is 3.15. The normalized spacial score (nSPS) is 15.8. The number of aryl methyl sites for hydroxylation is 1. The fraction of sp³-hybridized carbons (Fsp3) is 0.375. The molecule has 0 saturated carbocycles. The Kier molecular flexibility index (Phi) is 7.33. The SMILES string of the molecule is COc1cccc(-c2nc(CN3CCCN(S(=O)(=O)c4ccc(C)cc4)CC3)cs2)c1OC. The summed E-state index contributed by atoms with van der Waals surface area (Å²) in [6.07, 6.45) is 0.784. The highest BCUT2D eigenvalue weighted by Crippen LogP contribution is 2.39. The van der Waals surface area contributed by atoms with Crippen molar-refractivity contribution in [2.75, 3.05) is 40.4 Å². The minimum atomic E-state index is -3.48. The Balaban J connectivity index is 1.44. The van der Waals surface area contributed by atoms with E-state index in [2.05, 4.69) is 10.3 Å². The molecule has 0 radical (unpaired) electrons. The number of aromatic nitrogens is 1. The summed E-state index contributed by atoms with van der Waals surface area (Å²) in [5.41, 5.74) is 2.92. The van der Waals surface area contributed by atoms with Crippen LogP contribution in [-0.4, -0.2) is 63.0 Å². The highest BCUT2D eigenvalue weighted by molar-refractivity contribution is 7.89. The molecule has 1 aliphatic heterocycles. The molecular weight excluding hydrogens is 458 g/mol. The van der Waals surface area contributed by atoms with Crippen LogP contribution in [-0.2, 0) is 16.6 Å². The van der Waals surface area contributed by atoms with Crippen LogP contribution >= 0.6 is 11.3 Å². The molecule has 0 bridgehead atoms. The summed E-state index contributed by atoms with van der Waals surface area (Å²) in [5, 5.41) is 2.93. The van der Waals surface area contributed by atoms with Crippen molar-refractivity contribution >= 4 is 21.4 Å². The predicted molar refractivity (Wildman–Crippen MR) is 130 cm³/mol. The third-order valence-corrected chi connectivity index (χ3v) is 8.61. The molecule has 9 heteroatoms. The number of benzene rings is 2. The Morgan fingerprint density at radius 1 is 1.00 bits per heavy atom. The molecule has 0 aliphatic carbocycles.